The number of hydrogen-bond acceptors (Lipinski definition) is 4. The van der Waals surface area contributed by atoms with Gasteiger partial charge in [0.25, 0.3) is 6.29 Å². The van der Waals surface area contributed by atoms with E-state index in [1.54, 1.807) is 0 Å². The van der Waals surface area contributed by atoms with Crippen LogP contribution in [-0.2, 0) is 9.53 Å². The van der Waals surface area contributed by atoms with Gasteiger partial charge in [0.1, 0.15) is 0 Å². The fraction of sp³-hybridized carbons (Fsp3) is 0.667. The number of hydrogen-bond donors (Lipinski definition) is 2. The average molecular weight is 257 g/mol. The van der Waals surface area contributed by atoms with Crippen molar-refractivity contribution < 1.29 is 32.2 Å². The molecule has 0 aromatic rings. The van der Waals surface area contributed by atoms with Crippen molar-refractivity contribution in [3.63, 3.8) is 0 Å². The Bertz CT molecular complexity index is 319. The molecule has 2 N–H and O–H groups in total. The van der Waals surface area contributed by atoms with Crippen molar-refractivity contribution in [2.24, 2.45) is 0 Å². The fourth-order valence-electron chi connectivity index (χ4n) is 1.36. The van der Waals surface area contributed by atoms with Gasteiger partial charge in [0.05, 0.1) is 0 Å². The molecule has 0 spiro atoms. The number of alkyl halides is 3. The summed E-state index contributed by atoms with van der Waals surface area (Å²) in [5.41, 5.74) is 0.159. The lowest BCUT2D eigenvalue weighted by molar-refractivity contribution is -0.216. The predicted molar refractivity (Wildman–Crippen MR) is 48.4 cm³/mol. The molecule has 0 aromatic carbocycles. The van der Waals surface area contributed by atoms with Crippen LogP contribution in [0.5, 0.6) is 0 Å². The lowest BCUT2D eigenvalue weighted by Gasteiger charge is -2.19. The highest BCUT2D eigenvalue weighted by Crippen LogP contribution is 2.23. The van der Waals surface area contributed by atoms with Crippen LogP contribution < -0.4 is 5.32 Å². The molecule has 8 heteroatoms. The summed E-state index contributed by atoms with van der Waals surface area (Å²) >= 11 is 0. The standard InChI is InChI=1S/C9H11F4NO3/c10-6(5-1-3-14-4-2-5)7(15)17-8(16)9(11,12)13/h7,14-15H,1-4H2. The van der Waals surface area contributed by atoms with Crippen molar-refractivity contribution in [2.75, 3.05) is 13.1 Å². The quantitative estimate of drug-likeness (QED) is 0.440. The SMILES string of the molecule is O=C(OC(O)C(F)=C1CCNCC1)C(F)(F)F. The molecule has 4 nitrogen and oxygen atoms in total. The second kappa shape index (κ2) is 5.46. The van der Waals surface area contributed by atoms with E-state index in [1.165, 1.54) is 0 Å². The molecule has 98 valence electrons. The second-order valence-corrected chi connectivity index (χ2v) is 3.46. The van der Waals surface area contributed by atoms with Gasteiger partial charge in [0.2, 0.25) is 0 Å². The molecule has 1 aliphatic heterocycles. The van der Waals surface area contributed by atoms with Gasteiger partial charge in [0, 0.05) is 0 Å². The summed E-state index contributed by atoms with van der Waals surface area (Å²) in [5.74, 6) is -3.83. The minimum absolute atomic E-state index is 0.159. The van der Waals surface area contributed by atoms with Crippen LogP contribution in [0.4, 0.5) is 17.6 Å². The number of nitrogens with one attached hydrogen (secondary N) is 1. The highest BCUT2D eigenvalue weighted by atomic mass is 19.4. The molecule has 1 unspecified atom stereocenters. The van der Waals surface area contributed by atoms with Crippen molar-refractivity contribution in [2.45, 2.75) is 25.3 Å². The second-order valence-electron chi connectivity index (χ2n) is 3.46. The molecular formula is C9H11F4NO3. The average Bonchev–Trinajstić information content (AvgIpc) is 2.27. The van der Waals surface area contributed by atoms with Crippen LogP contribution in [0.25, 0.3) is 0 Å². The number of ether oxygens (including phenoxy) is 1. The van der Waals surface area contributed by atoms with E-state index in [-0.39, 0.29) is 18.4 Å². The van der Waals surface area contributed by atoms with E-state index in [1.807, 2.05) is 0 Å². The van der Waals surface area contributed by atoms with Gasteiger partial charge in [-0.2, -0.15) is 13.2 Å². The van der Waals surface area contributed by atoms with Crippen LogP contribution in [0.1, 0.15) is 12.8 Å². The summed E-state index contributed by atoms with van der Waals surface area (Å²) in [6.45, 7) is 0.922. The molecule has 0 saturated carbocycles. The number of aliphatic hydroxyl groups excluding tert-OH is 1. The Hall–Kier alpha value is -1.15. The lowest BCUT2D eigenvalue weighted by Crippen LogP contribution is -2.31. The Morgan fingerprint density at radius 3 is 2.35 bits per heavy atom. The van der Waals surface area contributed by atoms with Gasteiger partial charge < -0.3 is 15.2 Å². The third-order valence-corrected chi connectivity index (χ3v) is 2.21. The van der Waals surface area contributed by atoms with Crippen molar-refractivity contribution in [1.29, 1.82) is 0 Å². The molecule has 0 amide bonds. The Morgan fingerprint density at radius 2 is 1.88 bits per heavy atom. The van der Waals surface area contributed by atoms with Gasteiger partial charge in [-0.1, -0.05) is 0 Å². The maximum atomic E-state index is 13.4. The Balaban J connectivity index is 2.63. The van der Waals surface area contributed by atoms with Crippen LogP contribution in [0.3, 0.4) is 0 Å². The van der Waals surface area contributed by atoms with E-state index in [0.717, 1.165) is 0 Å². The van der Waals surface area contributed by atoms with Crippen molar-refractivity contribution >= 4 is 5.97 Å². The van der Waals surface area contributed by atoms with Crippen LogP contribution in [0.2, 0.25) is 0 Å². The van der Waals surface area contributed by atoms with E-state index < -0.39 is 24.3 Å². The van der Waals surface area contributed by atoms with Crippen LogP contribution >= 0.6 is 0 Å². The molecule has 1 fully saturated rings. The molecule has 0 bridgehead atoms. The highest BCUT2D eigenvalue weighted by Gasteiger charge is 2.42. The Labute approximate surface area is 94.2 Å². The minimum Gasteiger partial charge on any atom is -0.422 e. The maximum absolute atomic E-state index is 13.4. The van der Waals surface area contributed by atoms with Gasteiger partial charge in [0.15, 0.2) is 5.83 Å². The molecule has 0 aromatic heterocycles. The summed E-state index contributed by atoms with van der Waals surface area (Å²) in [7, 11) is 0. The van der Waals surface area contributed by atoms with Gasteiger partial charge in [-0.05, 0) is 31.5 Å². The third kappa shape index (κ3) is 3.97. The summed E-state index contributed by atoms with van der Waals surface area (Å²) in [6.07, 6.45) is -7.23. The number of rotatable bonds is 2. The van der Waals surface area contributed by atoms with E-state index in [4.69, 9.17) is 5.11 Å². The summed E-state index contributed by atoms with van der Waals surface area (Å²) in [4.78, 5) is 10.4. The number of esters is 1. The lowest BCUT2D eigenvalue weighted by atomic mass is 10.0. The first-order valence-electron chi connectivity index (χ1n) is 4.86. The molecule has 0 aliphatic carbocycles. The van der Waals surface area contributed by atoms with Gasteiger partial charge in [-0.15, -0.1) is 0 Å². The number of aliphatic hydroxyl groups is 1. The van der Waals surface area contributed by atoms with E-state index in [0.29, 0.717) is 13.1 Å². The van der Waals surface area contributed by atoms with Crippen LogP contribution in [0.15, 0.2) is 11.4 Å². The molecule has 1 heterocycles. The first kappa shape index (κ1) is 13.9. The summed E-state index contributed by atoms with van der Waals surface area (Å²) < 4.78 is 52.3. The van der Waals surface area contributed by atoms with Crippen LogP contribution in [-0.4, -0.2) is 36.6 Å². The zero-order chi connectivity index (χ0) is 13.1. The van der Waals surface area contributed by atoms with Gasteiger partial charge in [-0.25, -0.2) is 9.18 Å². The number of piperidine rings is 1. The maximum Gasteiger partial charge on any atom is 0.491 e. The number of halogens is 4. The Morgan fingerprint density at radius 1 is 1.35 bits per heavy atom. The third-order valence-electron chi connectivity index (χ3n) is 2.21. The van der Waals surface area contributed by atoms with Gasteiger partial charge in [-0.3, -0.25) is 0 Å². The van der Waals surface area contributed by atoms with Crippen molar-refractivity contribution in [3.05, 3.63) is 11.4 Å². The monoisotopic (exact) mass is 257 g/mol. The molecule has 1 saturated heterocycles. The van der Waals surface area contributed by atoms with Crippen molar-refractivity contribution in [3.8, 4) is 0 Å². The smallest absolute Gasteiger partial charge is 0.422 e. The molecule has 1 rings (SSSR count). The highest BCUT2D eigenvalue weighted by molar-refractivity contribution is 5.75. The Kier molecular flexibility index (Phi) is 4.47. The molecule has 1 aliphatic rings. The first-order valence-corrected chi connectivity index (χ1v) is 4.86. The summed E-state index contributed by atoms with van der Waals surface area (Å²) in [5, 5.41) is 11.9. The predicted octanol–water partition coefficient (Wildman–Crippen LogP) is 1.02. The summed E-state index contributed by atoms with van der Waals surface area (Å²) in [6, 6.07) is 0. The van der Waals surface area contributed by atoms with Crippen molar-refractivity contribution in [1.82, 2.24) is 5.32 Å². The zero-order valence-electron chi connectivity index (χ0n) is 8.68. The van der Waals surface area contributed by atoms with Crippen LogP contribution in [0, 0.1) is 0 Å². The van der Waals surface area contributed by atoms with E-state index >= 15 is 0 Å². The molecule has 17 heavy (non-hydrogen) atoms. The number of carbonyl (C=O) groups is 1. The minimum atomic E-state index is -5.25. The first-order chi connectivity index (χ1) is 7.82. The van der Waals surface area contributed by atoms with E-state index in [2.05, 4.69) is 10.1 Å². The van der Waals surface area contributed by atoms with E-state index in [9.17, 15) is 22.4 Å². The molecular weight excluding hydrogens is 246 g/mol. The normalized spacial score (nSPS) is 18.8. The zero-order valence-corrected chi connectivity index (χ0v) is 8.68. The molecule has 1 atom stereocenters. The van der Waals surface area contributed by atoms with Gasteiger partial charge >= 0.3 is 12.1 Å². The molecule has 0 radical (unpaired) electrons. The number of carbonyl (C=O) groups excluding carboxylic acids is 1. The largest absolute Gasteiger partial charge is 0.491 e. The fourth-order valence-corrected chi connectivity index (χ4v) is 1.36. The topological polar surface area (TPSA) is 58.6 Å².